The molecule has 1 N–H and O–H groups in total. The minimum absolute atomic E-state index is 0.120. The number of nitrogens with zero attached hydrogens (tertiary/aromatic N) is 1. The fraction of sp³-hybridized carbons (Fsp3) is 0.929. The molecule has 0 saturated heterocycles. The molecule has 0 aromatic rings. The summed E-state index contributed by atoms with van der Waals surface area (Å²) in [6, 6.07) is 0. The second kappa shape index (κ2) is 8.48. The summed E-state index contributed by atoms with van der Waals surface area (Å²) in [6.45, 7) is 10.2. The highest BCUT2D eigenvalue weighted by molar-refractivity contribution is 5.82. The molecule has 0 unspecified atom stereocenters. The molecular weight excluding hydrogens is 228 g/mol. The smallest absolute Gasteiger partial charge is 0.228 e. The third-order valence-electron chi connectivity index (χ3n) is 3.37. The Kier molecular flexibility index (Phi) is 8.20. The standard InChI is InChI=1S/C14H30N2O2/c1-7-14(8-2,11-18-12(3)4)13(17)15-9-10-16(5)6/h12H,7-11H2,1-6H3,(H,15,17). The molecule has 0 fully saturated rings. The molecule has 0 aliphatic rings. The second-order valence-corrected chi connectivity index (χ2v) is 5.41. The van der Waals surface area contributed by atoms with Crippen LogP contribution in [0.3, 0.4) is 0 Å². The number of nitrogens with one attached hydrogen (secondary N) is 1. The maximum Gasteiger partial charge on any atom is 0.228 e. The van der Waals surface area contributed by atoms with Crippen LogP contribution in [0.15, 0.2) is 0 Å². The highest BCUT2D eigenvalue weighted by Crippen LogP contribution is 2.27. The van der Waals surface area contributed by atoms with Gasteiger partial charge in [-0.25, -0.2) is 0 Å². The van der Waals surface area contributed by atoms with Crippen LogP contribution in [-0.2, 0) is 9.53 Å². The van der Waals surface area contributed by atoms with Crippen molar-refractivity contribution in [2.45, 2.75) is 46.6 Å². The number of rotatable bonds is 9. The maximum absolute atomic E-state index is 12.3. The van der Waals surface area contributed by atoms with Crippen molar-refractivity contribution in [2.24, 2.45) is 5.41 Å². The summed E-state index contributed by atoms with van der Waals surface area (Å²) in [5, 5.41) is 3.02. The minimum Gasteiger partial charge on any atom is -0.378 e. The van der Waals surface area contributed by atoms with Crippen LogP contribution in [0.4, 0.5) is 0 Å². The predicted molar refractivity (Wildman–Crippen MR) is 75.7 cm³/mol. The fourth-order valence-corrected chi connectivity index (χ4v) is 1.75. The largest absolute Gasteiger partial charge is 0.378 e. The summed E-state index contributed by atoms with van der Waals surface area (Å²) in [4.78, 5) is 14.4. The summed E-state index contributed by atoms with van der Waals surface area (Å²) in [6.07, 6.45) is 1.78. The van der Waals surface area contributed by atoms with Crippen molar-refractivity contribution < 1.29 is 9.53 Å². The van der Waals surface area contributed by atoms with Crippen LogP contribution in [0, 0.1) is 5.41 Å². The van der Waals surface area contributed by atoms with Crippen molar-refractivity contribution in [3.8, 4) is 0 Å². The Labute approximate surface area is 112 Å². The molecule has 108 valence electrons. The van der Waals surface area contributed by atoms with Gasteiger partial charge in [0.1, 0.15) is 0 Å². The molecule has 0 saturated carbocycles. The molecule has 4 heteroatoms. The summed E-state index contributed by atoms with van der Waals surface area (Å²) in [5.74, 6) is 0.120. The number of carbonyl (C=O) groups excluding carboxylic acids is 1. The van der Waals surface area contributed by atoms with Gasteiger partial charge in [-0.1, -0.05) is 13.8 Å². The molecule has 0 aliphatic carbocycles. The number of carbonyl (C=O) groups is 1. The maximum atomic E-state index is 12.3. The van der Waals surface area contributed by atoms with E-state index in [1.54, 1.807) is 0 Å². The van der Waals surface area contributed by atoms with Gasteiger partial charge in [-0.15, -0.1) is 0 Å². The molecule has 18 heavy (non-hydrogen) atoms. The lowest BCUT2D eigenvalue weighted by atomic mass is 9.82. The Balaban J connectivity index is 4.41. The molecule has 0 aromatic heterocycles. The van der Waals surface area contributed by atoms with Crippen LogP contribution >= 0.6 is 0 Å². The van der Waals surface area contributed by atoms with Gasteiger partial charge < -0.3 is 15.0 Å². The molecule has 0 aliphatic heterocycles. The molecule has 0 rings (SSSR count). The molecule has 0 spiro atoms. The minimum atomic E-state index is -0.378. The van der Waals surface area contributed by atoms with Crippen LogP contribution in [0.1, 0.15) is 40.5 Å². The van der Waals surface area contributed by atoms with Crippen molar-refractivity contribution in [1.82, 2.24) is 10.2 Å². The lowest BCUT2D eigenvalue weighted by Gasteiger charge is -2.31. The summed E-state index contributed by atoms with van der Waals surface area (Å²) >= 11 is 0. The van der Waals surface area contributed by atoms with Crippen LogP contribution < -0.4 is 5.32 Å². The zero-order valence-electron chi connectivity index (χ0n) is 12.9. The molecule has 0 bridgehead atoms. The molecule has 0 aromatic carbocycles. The van der Waals surface area contributed by atoms with E-state index in [1.807, 2.05) is 27.9 Å². The Bertz CT molecular complexity index is 236. The number of ether oxygens (including phenoxy) is 1. The van der Waals surface area contributed by atoms with E-state index in [4.69, 9.17) is 4.74 Å². The lowest BCUT2D eigenvalue weighted by Crippen LogP contribution is -2.45. The Morgan fingerprint density at radius 2 is 1.83 bits per heavy atom. The summed E-state index contributed by atoms with van der Waals surface area (Å²) < 4.78 is 5.67. The first-order valence-electron chi connectivity index (χ1n) is 6.92. The van der Waals surface area contributed by atoms with Gasteiger partial charge in [0.15, 0.2) is 0 Å². The molecule has 0 atom stereocenters. The predicted octanol–water partition coefficient (Wildman–Crippen LogP) is 1.90. The van der Waals surface area contributed by atoms with E-state index in [2.05, 4.69) is 24.1 Å². The van der Waals surface area contributed by atoms with Crippen molar-refractivity contribution in [1.29, 1.82) is 0 Å². The van der Waals surface area contributed by atoms with Crippen LogP contribution in [0.25, 0.3) is 0 Å². The molecule has 0 heterocycles. The van der Waals surface area contributed by atoms with Gasteiger partial charge in [0, 0.05) is 13.1 Å². The monoisotopic (exact) mass is 258 g/mol. The fourth-order valence-electron chi connectivity index (χ4n) is 1.75. The summed E-state index contributed by atoms with van der Waals surface area (Å²) in [5.41, 5.74) is -0.378. The summed E-state index contributed by atoms with van der Waals surface area (Å²) in [7, 11) is 4.00. The molecule has 4 nitrogen and oxygen atoms in total. The average Bonchev–Trinajstić information content (AvgIpc) is 2.30. The van der Waals surface area contributed by atoms with E-state index in [0.717, 1.165) is 19.4 Å². The van der Waals surface area contributed by atoms with Gasteiger partial charge in [0.05, 0.1) is 18.1 Å². The van der Waals surface area contributed by atoms with Crippen molar-refractivity contribution in [3.05, 3.63) is 0 Å². The average molecular weight is 258 g/mol. The molecule has 0 radical (unpaired) electrons. The van der Waals surface area contributed by atoms with Crippen LogP contribution in [-0.4, -0.2) is 50.7 Å². The number of hydrogen-bond acceptors (Lipinski definition) is 3. The van der Waals surface area contributed by atoms with Crippen molar-refractivity contribution >= 4 is 5.91 Å². The number of amides is 1. The van der Waals surface area contributed by atoms with Crippen LogP contribution in [0.5, 0.6) is 0 Å². The highest BCUT2D eigenvalue weighted by Gasteiger charge is 2.35. The van der Waals surface area contributed by atoms with Gasteiger partial charge in [0.25, 0.3) is 0 Å². The third kappa shape index (κ3) is 5.83. The van der Waals surface area contributed by atoms with E-state index in [-0.39, 0.29) is 17.4 Å². The van der Waals surface area contributed by atoms with Gasteiger partial charge >= 0.3 is 0 Å². The van der Waals surface area contributed by atoms with Gasteiger partial charge in [0.2, 0.25) is 5.91 Å². The zero-order chi connectivity index (χ0) is 14.2. The van der Waals surface area contributed by atoms with Gasteiger partial charge in [-0.3, -0.25) is 4.79 Å². The number of hydrogen-bond donors (Lipinski definition) is 1. The van der Waals surface area contributed by atoms with Crippen molar-refractivity contribution in [3.63, 3.8) is 0 Å². The second-order valence-electron chi connectivity index (χ2n) is 5.41. The van der Waals surface area contributed by atoms with E-state index in [9.17, 15) is 4.79 Å². The van der Waals surface area contributed by atoms with E-state index < -0.39 is 0 Å². The number of likely N-dealkylation sites (N-methyl/N-ethyl adjacent to an activating group) is 1. The first-order chi connectivity index (χ1) is 8.38. The van der Waals surface area contributed by atoms with Gasteiger partial charge in [-0.2, -0.15) is 0 Å². The normalized spacial score (nSPS) is 12.2. The van der Waals surface area contributed by atoms with E-state index >= 15 is 0 Å². The van der Waals surface area contributed by atoms with E-state index in [1.165, 1.54) is 0 Å². The highest BCUT2D eigenvalue weighted by atomic mass is 16.5. The Morgan fingerprint density at radius 3 is 2.22 bits per heavy atom. The molecule has 1 amide bonds. The first-order valence-corrected chi connectivity index (χ1v) is 6.92. The Morgan fingerprint density at radius 1 is 1.28 bits per heavy atom. The van der Waals surface area contributed by atoms with Crippen LogP contribution in [0.2, 0.25) is 0 Å². The van der Waals surface area contributed by atoms with Crippen molar-refractivity contribution in [2.75, 3.05) is 33.8 Å². The first kappa shape index (κ1) is 17.4. The zero-order valence-corrected chi connectivity index (χ0v) is 12.9. The SMILES string of the molecule is CCC(CC)(COC(C)C)C(=O)NCCN(C)C. The Hall–Kier alpha value is -0.610. The van der Waals surface area contributed by atoms with E-state index in [0.29, 0.717) is 13.2 Å². The quantitative estimate of drug-likeness (QED) is 0.687. The lowest BCUT2D eigenvalue weighted by molar-refractivity contribution is -0.136. The van der Waals surface area contributed by atoms with Gasteiger partial charge in [-0.05, 0) is 40.8 Å². The molecular formula is C14H30N2O2. The topological polar surface area (TPSA) is 41.6 Å². The third-order valence-corrected chi connectivity index (χ3v) is 3.37.